The molecule has 0 spiro atoms. The van der Waals surface area contributed by atoms with Gasteiger partial charge in [-0.25, -0.2) is 0 Å². The normalized spacial score (nSPS) is 11.1. The van der Waals surface area contributed by atoms with Crippen LogP contribution in [0, 0.1) is 0 Å². The lowest BCUT2D eigenvalue weighted by molar-refractivity contribution is -0.0504. The number of ether oxygens (including phenoxy) is 2. The quantitative estimate of drug-likeness (QED) is 0.314. The fourth-order valence-electron chi connectivity index (χ4n) is 2.31. The van der Waals surface area contributed by atoms with Crippen LogP contribution in [0.4, 0.5) is 8.78 Å². The molecule has 0 radical (unpaired) electrons. The van der Waals surface area contributed by atoms with Crippen molar-refractivity contribution in [2.75, 3.05) is 14.2 Å². The maximum Gasteiger partial charge on any atom is 0.387 e. The molecule has 0 aliphatic rings. The lowest BCUT2D eigenvalue weighted by Crippen LogP contribution is -2.36. The van der Waals surface area contributed by atoms with Gasteiger partial charge in [-0.05, 0) is 36.8 Å². The number of aliphatic imine (C=N–C) groups is 1. The van der Waals surface area contributed by atoms with Gasteiger partial charge in [-0.1, -0.05) is 6.92 Å². The molecule has 0 saturated heterocycles. The van der Waals surface area contributed by atoms with Crippen molar-refractivity contribution < 1.29 is 18.3 Å². The van der Waals surface area contributed by atoms with Gasteiger partial charge in [0.25, 0.3) is 0 Å². The molecule has 27 heavy (non-hydrogen) atoms. The Morgan fingerprint density at radius 1 is 1.15 bits per heavy atom. The van der Waals surface area contributed by atoms with E-state index in [-0.39, 0.29) is 36.3 Å². The Morgan fingerprint density at radius 3 is 2.44 bits per heavy atom. The summed E-state index contributed by atoms with van der Waals surface area (Å²) in [5, 5.41) is 6.32. The van der Waals surface area contributed by atoms with Gasteiger partial charge in [0.1, 0.15) is 11.5 Å². The lowest BCUT2D eigenvalue weighted by atomic mass is 10.2. The van der Waals surface area contributed by atoms with Crippen molar-refractivity contribution in [3.63, 3.8) is 0 Å². The summed E-state index contributed by atoms with van der Waals surface area (Å²) in [5.74, 6) is 1.24. The molecule has 1 heterocycles. The molecule has 0 saturated carbocycles. The Morgan fingerprint density at radius 2 is 1.85 bits per heavy atom. The molecule has 2 aromatic rings. The Balaban J connectivity index is 0.00000364. The van der Waals surface area contributed by atoms with Crippen LogP contribution in [0.15, 0.2) is 35.3 Å². The first-order valence-corrected chi connectivity index (χ1v) is 9.01. The smallest absolute Gasteiger partial charge is 0.387 e. The van der Waals surface area contributed by atoms with Crippen LogP contribution in [0.3, 0.4) is 0 Å². The number of methoxy groups -OCH3 is 1. The molecule has 0 aliphatic heterocycles. The van der Waals surface area contributed by atoms with Gasteiger partial charge in [-0.2, -0.15) is 8.78 Å². The SMILES string of the molecule is CCc1ccc(CNC(=NC)NCc2cc(OC)ccc2OC(F)F)s1.I. The van der Waals surface area contributed by atoms with Crippen LogP contribution in [-0.4, -0.2) is 26.7 Å². The number of nitrogens with one attached hydrogen (secondary N) is 2. The van der Waals surface area contributed by atoms with Crippen molar-refractivity contribution in [3.8, 4) is 11.5 Å². The molecule has 0 bridgehead atoms. The first kappa shape index (κ1) is 23.4. The maximum atomic E-state index is 12.6. The van der Waals surface area contributed by atoms with Crippen molar-refractivity contribution in [1.29, 1.82) is 0 Å². The minimum absolute atomic E-state index is 0. The second-order valence-corrected chi connectivity index (χ2v) is 6.61. The van der Waals surface area contributed by atoms with Crippen LogP contribution in [-0.2, 0) is 19.5 Å². The van der Waals surface area contributed by atoms with E-state index in [1.807, 2.05) is 0 Å². The highest BCUT2D eigenvalue weighted by Crippen LogP contribution is 2.25. The summed E-state index contributed by atoms with van der Waals surface area (Å²) in [5.41, 5.74) is 0.553. The van der Waals surface area contributed by atoms with Crippen LogP contribution >= 0.6 is 35.3 Å². The number of hydrogen-bond acceptors (Lipinski definition) is 4. The van der Waals surface area contributed by atoms with Gasteiger partial charge < -0.3 is 20.1 Å². The molecule has 1 aromatic heterocycles. The summed E-state index contributed by atoms with van der Waals surface area (Å²) in [6, 6.07) is 8.90. The zero-order valence-corrected chi connectivity index (χ0v) is 18.6. The van der Waals surface area contributed by atoms with Gasteiger partial charge in [0.05, 0.1) is 13.7 Å². The van der Waals surface area contributed by atoms with E-state index in [1.165, 1.54) is 22.9 Å². The van der Waals surface area contributed by atoms with Gasteiger partial charge in [-0.15, -0.1) is 35.3 Å². The monoisotopic (exact) mass is 511 g/mol. The average molecular weight is 511 g/mol. The summed E-state index contributed by atoms with van der Waals surface area (Å²) in [6.45, 7) is 0.148. The number of alkyl halides is 2. The van der Waals surface area contributed by atoms with Gasteiger partial charge >= 0.3 is 6.61 Å². The first-order valence-electron chi connectivity index (χ1n) is 8.19. The number of hydrogen-bond donors (Lipinski definition) is 2. The maximum absolute atomic E-state index is 12.6. The topological polar surface area (TPSA) is 54.9 Å². The number of rotatable bonds is 8. The Hall–Kier alpha value is -1.62. The van der Waals surface area contributed by atoms with Crippen molar-refractivity contribution in [2.45, 2.75) is 33.0 Å². The molecule has 0 amide bonds. The predicted octanol–water partition coefficient (Wildman–Crippen LogP) is 4.40. The molecule has 0 unspecified atom stereocenters. The summed E-state index contributed by atoms with van der Waals surface area (Å²) < 4.78 is 34.9. The third kappa shape index (κ3) is 7.49. The Kier molecular flexibility index (Phi) is 10.4. The van der Waals surface area contributed by atoms with Crippen LogP contribution < -0.4 is 20.1 Å². The highest BCUT2D eigenvalue weighted by atomic mass is 127. The Labute approximate surface area is 179 Å². The molecule has 2 rings (SSSR count). The van der Waals surface area contributed by atoms with Crippen LogP contribution in [0.2, 0.25) is 0 Å². The third-order valence-electron chi connectivity index (χ3n) is 3.65. The highest BCUT2D eigenvalue weighted by Gasteiger charge is 2.11. The molecule has 9 heteroatoms. The van der Waals surface area contributed by atoms with E-state index in [0.29, 0.717) is 23.8 Å². The standard InChI is InChI=1S/C18H23F2N3O2S.HI/c1-4-14-6-7-15(26-14)11-23-18(21-2)22-10-12-9-13(24-3)5-8-16(12)25-17(19)20;/h5-9,17H,4,10-11H2,1-3H3,(H2,21,22,23);1H. The largest absolute Gasteiger partial charge is 0.497 e. The summed E-state index contributed by atoms with van der Waals surface area (Å²) in [7, 11) is 3.18. The number of benzene rings is 1. The van der Waals surface area contributed by atoms with Crippen LogP contribution in [0.5, 0.6) is 11.5 Å². The fourth-order valence-corrected chi connectivity index (χ4v) is 3.21. The molecule has 150 valence electrons. The van der Waals surface area contributed by atoms with E-state index in [0.717, 1.165) is 6.42 Å². The minimum atomic E-state index is -2.88. The molecule has 2 N–H and O–H groups in total. The van der Waals surface area contributed by atoms with E-state index in [9.17, 15) is 8.78 Å². The molecular formula is C18H24F2IN3O2S. The van der Waals surface area contributed by atoms with Crippen LogP contribution in [0.25, 0.3) is 0 Å². The van der Waals surface area contributed by atoms with E-state index in [2.05, 4.69) is 39.4 Å². The average Bonchev–Trinajstić information content (AvgIpc) is 3.10. The van der Waals surface area contributed by atoms with Crippen molar-refractivity contribution in [3.05, 3.63) is 45.6 Å². The van der Waals surface area contributed by atoms with Gasteiger partial charge in [0.15, 0.2) is 5.96 Å². The Bertz CT molecular complexity index is 741. The van der Waals surface area contributed by atoms with Gasteiger partial charge in [-0.3, -0.25) is 4.99 Å². The molecule has 5 nitrogen and oxygen atoms in total. The summed E-state index contributed by atoms with van der Waals surface area (Å²) in [6.07, 6.45) is 1.01. The van der Waals surface area contributed by atoms with Gasteiger partial charge in [0.2, 0.25) is 0 Å². The molecule has 0 aliphatic carbocycles. The third-order valence-corrected chi connectivity index (χ3v) is 4.88. The molecule has 0 atom stereocenters. The first-order chi connectivity index (χ1) is 12.5. The number of guanidine groups is 1. The zero-order chi connectivity index (χ0) is 18.9. The zero-order valence-electron chi connectivity index (χ0n) is 15.4. The minimum Gasteiger partial charge on any atom is -0.497 e. The molecule has 0 fully saturated rings. The van der Waals surface area contributed by atoms with E-state index in [1.54, 1.807) is 30.5 Å². The van der Waals surface area contributed by atoms with Crippen molar-refractivity contribution in [2.24, 2.45) is 4.99 Å². The van der Waals surface area contributed by atoms with E-state index >= 15 is 0 Å². The van der Waals surface area contributed by atoms with Crippen molar-refractivity contribution >= 4 is 41.3 Å². The lowest BCUT2D eigenvalue weighted by Gasteiger charge is -2.15. The summed E-state index contributed by atoms with van der Waals surface area (Å²) in [4.78, 5) is 6.69. The van der Waals surface area contributed by atoms with E-state index < -0.39 is 6.61 Å². The number of thiophene rings is 1. The van der Waals surface area contributed by atoms with Gasteiger partial charge in [0, 0.05) is 28.9 Å². The number of halogens is 3. The second kappa shape index (κ2) is 12.0. The highest BCUT2D eigenvalue weighted by molar-refractivity contribution is 14.0. The van der Waals surface area contributed by atoms with E-state index in [4.69, 9.17) is 4.74 Å². The predicted molar refractivity (Wildman–Crippen MR) is 116 cm³/mol. The number of aryl methyl sites for hydroxylation is 1. The second-order valence-electron chi connectivity index (χ2n) is 5.35. The van der Waals surface area contributed by atoms with Crippen molar-refractivity contribution in [1.82, 2.24) is 10.6 Å². The summed E-state index contributed by atoms with van der Waals surface area (Å²) >= 11 is 1.75. The van der Waals surface area contributed by atoms with Crippen LogP contribution in [0.1, 0.15) is 22.2 Å². The molecule has 1 aromatic carbocycles. The fraction of sp³-hybridized carbons (Fsp3) is 0.389. The molecular weight excluding hydrogens is 487 g/mol. The number of nitrogens with zero attached hydrogens (tertiary/aromatic N) is 1.